The molecule has 1 heterocycles. The summed E-state index contributed by atoms with van der Waals surface area (Å²) in [5.41, 5.74) is 10.3. The highest BCUT2D eigenvalue weighted by Gasteiger charge is 2.45. The van der Waals surface area contributed by atoms with E-state index < -0.39 is 8.24 Å². The minimum Gasteiger partial charge on any atom is -0.399 e. The maximum absolute atomic E-state index is 6.03. The van der Waals surface area contributed by atoms with Gasteiger partial charge in [0.25, 0.3) is 0 Å². The zero-order valence-electron chi connectivity index (χ0n) is 13.6. The summed E-state index contributed by atoms with van der Waals surface area (Å²) >= 11 is 0. The molecule has 2 nitrogen and oxygen atoms in total. The molecular formula is C17H28N2Si. The molecule has 2 rings (SSSR count). The summed E-state index contributed by atoms with van der Waals surface area (Å²) in [5, 5.41) is 1.30. The lowest BCUT2D eigenvalue weighted by molar-refractivity contribution is 0.773. The number of aromatic nitrogens is 1. The van der Waals surface area contributed by atoms with Crippen LogP contribution in [0.1, 0.15) is 41.5 Å². The first-order valence-corrected chi connectivity index (χ1v) is 9.86. The molecule has 0 saturated carbocycles. The summed E-state index contributed by atoms with van der Waals surface area (Å²) in [7, 11) is -1.68. The highest BCUT2D eigenvalue weighted by atomic mass is 28.3. The molecule has 0 amide bonds. The van der Waals surface area contributed by atoms with Gasteiger partial charge in [0.1, 0.15) is 0 Å². The largest absolute Gasteiger partial charge is 0.399 e. The van der Waals surface area contributed by atoms with Crippen molar-refractivity contribution in [3.63, 3.8) is 0 Å². The van der Waals surface area contributed by atoms with Crippen molar-refractivity contribution < 1.29 is 0 Å². The van der Waals surface area contributed by atoms with Crippen LogP contribution in [-0.4, -0.2) is 12.5 Å². The first-order valence-electron chi connectivity index (χ1n) is 7.68. The van der Waals surface area contributed by atoms with Crippen LogP contribution >= 0.6 is 0 Å². The highest BCUT2D eigenvalue weighted by molar-refractivity contribution is 6.82. The summed E-state index contributed by atoms with van der Waals surface area (Å²) in [6, 6.07) is 8.52. The van der Waals surface area contributed by atoms with E-state index >= 15 is 0 Å². The minimum atomic E-state index is -1.68. The Kier molecular flexibility index (Phi) is 4.01. The average molecular weight is 289 g/mol. The molecule has 0 radical (unpaired) electrons. The Morgan fingerprint density at radius 2 is 1.45 bits per heavy atom. The first kappa shape index (κ1) is 15.2. The predicted molar refractivity (Wildman–Crippen MR) is 92.8 cm³/mol. The molecule has 110 valence electrons. The third kappa shape index (κ3) is 2.08. The molecule has 0 bridgehead atoms. The number of anilines is 1. The Morgan fingerprint density at radius 3 is 1.95 bits per heavy atom. The standard InChI is InChI=1S/C17H28N2Si/c1-12(2)20(13(3)4,14(5)6)19-10-9-15-7-8-16(18)11-17(15)19/h7-14H,18H2,1-6H3. The second-order valence-corrected chi connectivity index (χ2v) is 12.6. The molecule has 0 aliphatic carbocycles. The number of hydrogen-bond acceptors (Lipinski definition) is 1. The maximum atomic E-state index is 6.03. The Bertz CT molecular complexity index is 574. The molecule has 0 atom stereocenters. The number of nitrogens with zero attached hydrogens (tertiary/aromatic N) is 1. The monoisotopic (exact) mass is 288 g/mol. The van der Waals surface area contributed by atoms with Crippen molar-refractivity contribution in [3.05, 3.63) is 30.5 Å². The Morgan fingerprint density at radius 1 is 0.900 bits per heavy atom. The molecule has 0 aliphatic rings. The van der Waals surface area contributed by atoms with E-state index in [-0.39, 0.29) is 0 Å². The lowest BCUT2D eigenvalue weighted by Crippen LogP contribution is -2.51. The smallest absolute Gasteiger partial charge is 0.169 e. The number of nitrogen functional groups attached to an aromatic ring is 1. The normalized spacial score (nSPS) is 13.1. The molecule has 0 fully saturated rings. The molecular weight excluding hydrogens is 260 g/mol. The van der Waals surface area contributed by atoms with Gasteiger partial charge in [0.2, 0.25) is 0 Å². The summed E-state index contributed by atoms with van der Waals surface area (Å²) < 4.78 is 2.61. The Labute approximate surface area is 124 Å². The lowest BCUT2D eigenvalue weighted by atomic mass is 10.2. The van der Waals surface area contributed by atoms with E-state index in [4.69, 9.17) is 5.73 Å². The number of rotatable bonds is 4. The molecule has 1 aromatic heterocycles. The van der Waals surface area contributed by atoms with E-state index in [9.17, 15) is 0 Å². The van der Waals surface area contributed by atoms with Crippen LogP contribution < -0.4 is 5.73 Å². The van der Waals surface area contributed by atoms with Crippen molar-refractivity contribution in [1.29, 1.82) is 0 Å². The fourth-order valence-corrected chi connectivity index (χ4v) is 10.9. The first-order chi connectivity index (χ1) is 9.31. The van der Waals surface area contributed by atoms with E-state index in [0.29, 0.717) is 16.6 Å². The van der Waals surface area contributed by atoms with E-state index in [0.717, 1.165) is 5.69 Å². The van der Waals surface area contributed by atoms with Crippen molar-refractivity contribution in [2.75, 3.05) is 5.73 Å². The van der Waals surface area contributed by atoms with Gasteiger partial charge in [-0.25, -0.2) is 0 Å². The van der Waals surface area contributed by atoms with Gasteiger partial charge >= 0.3 is 0 Å². The molecule has 0 spiro atoms. The molecule has 20 heavy (non-hydrogen) atoms. The Hall–Kier alpha value is -1.22. The van der Waals surface area contributed by atoms with Crippen molar-refractivity contribution in [2.45, 2.75) is 58.2 Å². The van der Waals surface area contributed by atoms with Crippen LogP contribution in [0.15, 0.2) is 30.5 Å². The van der Waals surface area contributed by atoms with Crippen LogP contribution in [0.2, 0.25) is 16.6 Å². The summed E-state index contributed by atoms with van der Waals surface area (Å²) in [4.78, 5) is 0. The van der Waals surface area contributed by atoms with Gasteiger partial charge in [-0.3, -0.25) is 0 Å². The van der Waals surface area contributed by atoms with Crippen molar-refractivity contribution in [3.8, 4) is 0 Å². The van der Waals surface area contributed by atoms with Crippen molar-refractivity contribution in [2.24, 2.45) is 0 Å². The van der Waals surface area contributed by atoms with Gasteiger partial charge in [-0.15, -0.1) is 0 Å². The average Bonchev–Trinajstić information content (AvgIpc) is 2.72. The van der Waals surface area contributed by atoms with Crippen LogP contribution in [0.5, 0.6) is 0 Å². The van der Waals surface area contributed by atoms with Gasteiger partial charge in [0, 0.05) is 11.2 Å². The third-order valence-corrected chi connectivity index (χ3v) is 11.7. The molecule has 0 saturated heterocycles. The molecule has 2 aromatic rings. The molecule has 3 heteroatoms. The zero-order chi connectivity index (χ0) is 15.1. The SMILES string of the molecule is CC(C)[Si](C(C)C)(C(C)C)n1ccc2ccc(N)cc21. The van der Waals surface area contributed by atoms with E-state index in [1.165, 1.54) is 10.9 Å². The fourth-order valence-electron chi connectivity index (χ4n) is 4.32. The quantitative estimate of drug-likeness (QED) is 0.605. The topological polar surface area (TPSA) is 30.9 Å². The molecule has 2 N–H and O–H groups in total. The highest BCUT2D eigenvalue weighted by Crippen LogP contribution is 2.44. The van der Waals surface area contributed by atoms with E-state index in [1.807, 2.05) is 6.07 Å². The summed E-state index contributed by atoms with van der Waals surface area (Å²) in [6.07, 6.45) is 2.30. The van der Waals surface area contributed by atoms with Gasteiger partial charge in [-0.2, -0.15) is 0 Å². The van der Waals surface area contributed by atoms with Crippen LogP contribution in [0.25, 0.3) is 10.9 Å². The second-order valence-electron chi connectivity index (χ2n) is 6.86. The van der Waals surface area contributed by atoms with E-state index in [2.05, 4.69) is 70.2 Å². The lowest BCUT2D eigenvalue weighted by Gasteiger charge is -2.44. The van der Waals surface area contributed by atoms with E-state index in [1.54, 1.807) is 0 Å². The predicted octanol–water partition coefficient (Wildman–Crippen LogP) is 5.25. The van der Waals surface area contributed by atoms with Crippen molar-refractivity contribution >= 4 is 24.8 Å². The summed E-state index contributed by atoms with van der Waals surface area (Å²) in [6.45, 7) is 14.4. The zero-order valence-corrected chi connectivity index (χ0v) is 14.6. The Balaban J connectivity index is 2.78. The third-order valence-electron chi connectivity index (χ3n) is 4.91. The number of nitrogens with two attached hydrogens (primary N) is 1. The molecule has 0 unspecified atom stereocenters. The summed E-state index contributed by atoms with van der Waals surface area (Å²) in [5.74, 6) is 0. The van der Waals surface area contributed by atoms with Gasteiger partial charge in [0.15, 0.2) is 8.24 Å². The van der Waals surface area contributed by atoms with Gasteiger partial charge < -0.3 is 9.97 Å². The van der Waals surface area contributed by atoms with Crippen LogP contribution in [0.3, 0.4) is 0 Å². The number of hydrogen-bond donors (Lipinski definition) is 1. The number of fused-ring (bicyclic) bond motifs is 1. The maximum Gasteiger partial charge on any atom is 0.169 e. The van der Waals surface area contributed by atoms with Crippen molar-refractivity contribution in [1.82, 2.24) is 4.23 Å². The van der Waals surface area contributed by atoms with Gasteiger partial charge in [0.05, 0.1) is 0 Å². The van der Waals surface area contributed by atoms with Gasteiger partial charge in [-0.05, 0) is 46.4 Å². The van der Waals surface area contributed by atoms with Crippen LogP contribution in [-0.2, 0) is 0 Å². The second kappa shape index (κ2) is 5.28. The molecule has 1 aromatic carbocycles. The van der Waals surface area contributed by atoms with Gasteiger partial charge in [-0.1, -0.05) is 47.6 Å². The van der Waals surface area contributed by atoms with Crippen LogP contribution in [0.4, 0.5) is 5.69 Å². The van der Waals surface area contributed by atoms with Crippen LogP contribution in [0, 0.1) is 0 Å². The fraction of sp³-hybridized carbons (Fsp3) is 0.529. The minimum absolute atomic E-state index is 0.694. The number of benzene rings is 1. The molecule has 0 aliphatic heterocycles.